The first kappa shape index (κ1) is 18.4. The molecule has 0 N–H and O–H groups in total. The first-order valence-electron chi connectivity index (χ1n) is 7.65. The van der Waals surface area contributed by atoms with Crippen LogP contribution in [-0.2, 0) is 10.0 Å². The Bertz CT molecular complexity index is 890. The van der Waals surface area contributed by atoms with Crippen molar-refractivity contribution >= 4 is 43.5 Å². The molecule has 1 aromatic heterocycles. The maximum Gasteiger partial charge on any atom is 0.379 e. The van der Waals surface area contributed by atoms with Crippen LogP contribution in [0.4, 0.5) is 0 Å². The third kappa shape index (κ3) is 4.08. The summed E-state index contributed by atoms with van der Waals surface area (Å²) in [6.07, 6.45) is 2.64. The van der Waals surface area contributed by atoms with Crippen molar-refractivity contribution in [2.24, 2.45) is 0 Å². The normalized spacial score (nSPS) is 15.9. The fraction of sp³-hybridized carbons (Fsp3) is 0.312. The Kier molecular flexibility index (Phi) is 5.52. The van der Waals surface area contributed by atoms with E-state index in [0.717, 1.165) is 23.7 Å². The number of carbonyl (C=O) groups is 1. The van der Waals surface area contributed by atoms with Crippen molar-refractivity contribution in [2.75, 3.05) is 13.1 Å². The number of esters is 1. The summed E-state index contributed by atoms with van der Waals surface area (Å²) < 4.78 is 37.6. The molecule has 0 atom stereocenters. The van der Waals surface area contributed by atoms with Crippen molar-refractivity contribution in [3.63, 3.8) is 0 Å². The van der Waals surface area contributed by atoms with E-state index in [1.54, 1.807) is 12.1 Å². The highest BCUT2D eigenvalue weighted by atomic mass is 79.9. The first-order chi connectivity index (χ1) is 11.9. The van der Waals surface area contributed by atoms with Crippen LogP contribution in [0.3, 0.4) is 0 Å². The Labute approximate surface area is 158 Å². The zero-order valence-electron chi connectivity index (χ0n) is 13.1. The Hall–Kier alpha value is -1.35. The number of ether oxygens (including phenoxy) is 1. The number of nitrogens with zero attached hydrogens (tertiary/aromatic N) is 1. The molecule has 6 nitrogen and oxygen atoms in total. The summed E-state index contributed by atoms with van der Waals surface area (Å²) in [5.74, 6) is -0.856. The molecule has 0 amide bonds. The molecule has 1 aromatic carbocycles. The number of hydrogen-bond donors (Lipinski definition) is 0. The average Bonchev–Trinajstić information content (AvgIpc) is 3.09. The highest BCUT2D eigenvalue weighted by Gasteiger charge is 2.30. The molecule has 0 radical (unpaired) electrons. The van der Waals surface area contributed by atoms with Crippen molar-refractivity contribution in [3.05, 3.63) is 45.6 Å². The molecule has 1 aliphatic heterocycles. The molecule has 0 unspecified atom stereocenters. The molecule has 0 bridgehead atoms. The van der Waals surface area contributed by atoms with Gasteiger partial charge in [-0.3, -0.25) is 0 Å². The van der Waals surface area contributed by atoms with E-state index in [4.69, 9.17) is 20.8 Å². The monoisotopic (exact) mass is 447 g/mol. The van der Waals surface area contributed by atoms with Crippen molar-refractivity contribution in [2.45, 2.75) is 24.4 Å². The van der Waals surface area contributed by atoms with Gasteiger partial charge in [0.25, 0.3) is 10.0 Å². The van der Waals surface area contributed by atoms with Crippen molar-refractivity contribution in [1.29, 1.82) is 0 Å². The van der Waals surface area contributed by atoms with E-state index in [2.05, 4.69) is 15.9 Å². The van der Waals surface area contributed by atoms with Gasteiger partial charge in [0.15, 0.2) is 0 Å². The van der Waals surface area contributed by atoms with Gasteiger partial charge in [-0.25, -0.2) is 13.2 Å². The lowest BCUT2D eigenvalue weighted by molar-refractivity contribution is 0.0695. The largest absolute Gasteiger partial charge is 0.436 e. The smallest absolute Gasteiger partial charge is 0.379 e. The topological polar surface area (TPSA) is 76.8 Å². The minimum atomic E-state index is -3.73. The van der Waals surface area contributed by atoms with Crippen molar-refractivity contribution < 1.29 is 22.4 Å². The molecule has 1 saturated heterocycles. The predicted octanol–water partition coefficient (Wildman–Crippen LogP) is 4.09. The van der Waals surface area contributed by atoms with E-state index in [-0.39, 0.29) is 21.6 Å². The van der Waals surface area contributed by atoms with Gasteiger partial charge in [-0.2, -0.15) is 4.31 Å². The van der Waals surface area contributed by atoms with Crippen LogP contribution in [0.5, 0.6) is 5.75 Å². The van der Waals surface area contributed by atoms with Gasteiger partial charge in [0.05, 0.1) is 5.02 Å². The van der Waals surface area contributed by atoms with Gasteiger partial charge in [0.2, 0.25) is 10.9 Å². The Morgan fingerprint density at radius 1 is 1.16 bits per heavy atom. The Balaban J connectivity index is 1.77. The summed E-state index contributed by atoms with van der Waals surface area (Å²) in [6, 6.07) is 7.33. The molecule has 2 aromatic rings. The highest BCUT2D eigenvalue weighted by Crippen LogP contribution is 2.29. The van der Waals surface area contributed by atoms with Crippen molar-refractivity contribution in [3.8, 4) is 5.75 Å². The summed E-state index contributed by atoms with van der Waals surface area (Å²) in [5.41, 5.74) is 0. The minimum Gasteiger partial charge on any atom is -0.436 e. The van der Waals surface area contributed by atoms with E-state index in [0.29, 0.717) is 13.1 Å². The van der Waals surface area contributed by atoms with Crippen LogP contribution in [-0.4, -0.2) is 31.8 Å². The van der Waals surface area contributed by atoms with E-state index in [1.807, 2.05) is 0 Å². The lowest BCUT2D eigenvalue weighted by Crippen LogP contribution is -2.35. The SMILES string of the molecule is O=C(Oc1ccc(Br)cc1Cl)c1ccc(S(=O)(=O)N2CCCCC2)o1. The standard InChI is InChI=1S/C16H15BrClNO5S/c17-11-4-5-13(12(18)10-11)24-16(20)14-6-7-15(23-14)25(21,22)19-8-2-1-3-9-19/h4-7,10H,1-3,8-9H2. The second-order valence-electron chi connectivity index (χ2n) is 5.55. The fourth-order valence-electron chi connectivity index (χ4n) is 2.51. The molecule has 134 valence electrons. The van der Waals surface area contributed by atoms with Gasteiger partial charge in [-0.1, -0.05) is 34.0 Å². The summed E-state index contributed by atoms with van der Waals surface area (Å²) in [7, 11) is -3.73. The number of piperidine rings is 1. The third-order valence-corrected chi connectivity index (χ3v) is 6.35. The molecular formula is C16H15BrClNO5S. The minimum absolute atomic E-state index is 0.159. The van der Waals surface area contributed by atoms with Crippen LogP contribution in [0, 0.1) is 0 Å². The molecule has 1 fully saturated rings. The lowest BCUT2D eigenvalue weighted by atomic mass is 10.2. The van der Waals surface area contributed by atoms with E-state index >= 15 is 0 Å². The van der Waals surface area contributed by atoms with Crippen LogP contribution >= 0.6 is 27.5 Å². The second kappa shape index (κ2) is 7.49. The Morgan fingerprint density at radius 2 is 1.88 bits per heavy atom. The number of hydrogen-bond acceptors (Lipinski definition) is 5. The molecule has 25 heavy (non-hydrogen) atoms. The molecule has 1 aliphatic rings. The quantitative estimate of drug-likeness (QED) is 0.520. The summed E-state index contributed by atoms with van der Waals surface area (Å²) in [6.45, 7) is 0.911. The number of rotatable bonds is 4. The van der Waals surface area contributed by atoms with Gasteiger partial charge in [0, 0.05) is 17.6 Å². The Morgan fingerprint density at radius 3 is 2.56 bits per heavy atom. The maximum atomic E-state index is 12.5. The van der Waals surface area contributed by atoms with Crippen LogP contribution in [0.25, 0.3) is 0 Å². The number of sulfonamides is 1. The van der Waals surface area contributed by atoms with Gasteiger partial charge >= 0.3 is 5.97 Å². The fourth-order valence-corrected chi connectivity index (χ4v) is 4.65. The predicted molar refractivity (Wildman–Crippen MR) is 95.4 cm³/mol. The second-order valence-corrected chi connectivity index (χ2v) is 8.74. The van der Waals surface area contributed by atoms with Gasteiger partial charge in [-0.15, -0.1) is 0 Å². The number of furan rings is 1. The number of benzene rings is 1. The summed E-state index contributed by atoms with van der Waals surface area (Å²) >= 11 is 9.26. The van der Waals surface area contributed by atoms with Gasteiger partial charge in [0.1, 0.15) is 5.75 Å². The highest BCUT2D eigenvalue weighted by molar-refractivity contribution is 9.10. The molecule has 0 aliphatic carbocycles. The molecule has 3 rings (SSSR count). The van der Waals surface area contributed by atoms with Crippen LogP contribution in [0.2, 0.25) is 5.02 Å². The molecule has 0 spiro atoms. The van der Waals surface area contributed by atoms with E-state index in [9.17, 15) is 13.2 Å². The van der Waals surface area contributed by atoms with Gasteiger partial charge < -0.3 is 9.15 Å². The lowest BCUT2D eigenvalue weighted by Gasteiger charge is -2.24. The van der Waals surface area contributed by atoms with Crippen molar-refractivity contribution in [1.82, 2.24) is 4.31 Å². The number of carbonyl (C=O) groups excluding carboxylic acids is 1. The molecule has 2 heterocycles. The maximum absolute atomic E-state index is 12.5. The van der Waals surface area contributed by atoms with Crippen LogP contribution in [0.15, 0.2) is 44.3 Å². The number of halogens is 2. The van der Waals surface area contributed by atoms with E-state index < -0.39 is 16.0 Å². The first-order valence-corrected chi connectivity index (χ1v) is 10.3. The average molecular weight is 449 g/mol. The zero-order chi connectivity index (χ0) is 18.0. The molecule has 9 heteroatoms. The van der Waals surface area contributed by atoms with Gasteiger partial charge in [-0.05, 0) is 43.2 Å². The third-order valence-electron chi connectivity index (χ3n) is 3.79. The van der Waals surface area contributed by atoms with E-state index in [1.165, 1.54) is 22.5 Å². The van der Waals surface area contributed by atoms with Crippen LogP contribution in [0.1, 0.15) is 29.8 Å². The summed E-state index contributed by atoms with van der Waals surface area (Å²) in [4.78, 5) is 12.2. The molecule has 0 saturated carbocycles. The molecular weight excluding hydrogens is 434 g/mol. The summed E-state index contributed by atoms with van der Waals surface area (Å²) in [5, 5.41) is -0.0151. The zero-order valence-corrected chi connectivity index (χ0v) is 16.2. The van der Waals surface area contributed by atoms with Crippen LogP contribution < -0.4 is 4.74 Å².